The zero-order valence-electron chi connectivity index (χ0n) is 36.3. The quantitative estimate of drug-likeness (QED) is 0.105. The van der Waals surface area contributed by atoms with Gasteiger partial charge in [0.25, 0.3) is 0 Å². The van der Waals surface area contributed by atoms with E-state index >= 15 is 0 Å². The van der Waals surface area contributed by atoms with Crippen LogP contribution in [-0.2, 0) is 14.3 Å². The van der Waals surface area contributed by atoms with Crippen LogP contribution in [0.2, 0.25) is 0 Å². The maximum absolute atomic E-state index is 14.6. The van der Waals surface area contributed by atoms with E-state index in [2.05, 4.69) is 110 Å². The third-order valence-electron chi connectivity index (χ3n) is 13.5. The molecule has 4 aromatic carbocycles. The molecule has 2 saturated carbocycles. The van der Waals surface area contributed by atoms with Gasteiger partial charge in [-0.15, -0.1) is 0 Å². The molecule has 1 unspecified atom stereocenters. The van der Waals surface area contributed by atoms with Gasteiger partial charge < -0.3 is 29.8 Å². The summed E-state index contributed by atoms with van der Waals surface area (Å²) < 4.78 is 4.79. The average molecular weight is 845 g/mol. The smallest absolute Gasteiger partial charge is 0.407 e. The summed E-state index contributed by atoms with van der Waals surface area (Å²) >= 11 is 0. The normalized spacial score (nSPS) is 19.8. The molecular weight excluding hydrogens is 789 g/mol. The van der Waals surface area contributed by atoms with E-state index in [0.717, 1.165) is 93.9 Å². The molecule has 2 saturated heterocycles. The number of H-pyrrole nitrogens is 2. The molecule has 3 amide bonds. The number of imidazole rings is 2. The standard InChI is InChI=1S/C51H56N8O4/c1-31(2)45(56-51(62)63-3)49(60)57-25-7-11-43(57)47-53-30-42(55-47)38-20-19-36-27-35(17-18-37(36)28-38)32-13-15-33(16-14-32)41-29-52-48(54-41)44-12-8-26-58(44)50(61)46(34-9-5-4-6-10-34)59(39-21-22-39)40-23-24-40/h4-6,9-10,13-20,27-31,39-40,43-46H,7-8,11-12,21-26H2,1-3H3,(H,52,54)(H,53,55)(H,56,62)/t43-,44-,45?,46+/m0/s1. The van der Waals surface area contributed by atoms with E-state index in [1.54, 1.807) is 0 Å². The number of carbonyl (C=O) groups is 3. The molecule has 324 valence electrons. The zero-order chi connectivity index (χ0) is 43.2. The summed E-state index contributed by atoms with van der Waals surface area (Å²) in [6, 6.07) is 31.7. The second-order valence-electron chi connectivity index (χ2n) is 18.2. The number of hydrogen-bond donors (Lipinski definition) is 3. The molecule has 4 atom stereocenters. The summed E-state index contributed by atoms with van der Waals surface area (Å²) in [6.45, 7) is 5.19. The van der Waals surface area contributed by atoms with Crippen molar-refractivity contribution < 1.29 is 19.1 Å². The number of fused-ring (bicyclic) bond motifs is 1. The van der Waals surface area contributed by atoms with Crippen LogP contribution in [0.25, 0.3) is 44.4 Å². The maximum Gasteiger partial charge on any atom is 0.407 e. The van der Waals surface area contributed by atoms with Crippen molar-refractivity contribution in [2.75, 3.05) is 20.2 Å². The van der Waals surface area contributed by atoms with Crippen molar-refractivity contribution in [3.05, 3.63) is 121 Å². The van der Waals surface area contributed by atoms with Gasteiger partial charge in [0.1, 0.15) is 23.7 Å². The van der Waals surface area contributed by atoms with Gasteiger partial charge in [0.05, 0.1) is 30.6 Å². The van der Waals surface area contributed by atoms with Crippen LogP contribution in [0.1, 0.15) is 101 Å². The molecule has 4 aliphatic rings. The lowest BCUT2D eigenvalue weighted by molar-refractivity contribution is -0.139. The highest BCUT2D eigenvalue weighted by atomic mass is 16.5. The lowest BCUT2D eigenvalue weighted by atomic mass is 9.98. The number of nitrogens with zero attached hydrogens (tertiary/aromatic N) is 5. The van der Waals surface area contributed by atoms with E-state index in [9.17, 15) is 14.4 Å². The minimum atomic E-state index is -0.679. The molecule has 10 rings (SSSR count). The van der Waals surface area contributed by atoms with Crippen LogP contribution >= 0.6 is 0 Å². The number of ether oxygens (including phenoxy) is 1. The predicted octanol–water partition coefficient (Wildman–Crippen LogP) is 9.36. The number of aromatic nitrogens is 4. The van der Waals surface area contributed by atoms with Crippen LogP contribution in [0.15, 0.2) is 103 Å². The van der Waals surface area contributed by atoms with Gasteiger partial charge in [0.15, 0.2) is 0 Å². The number of alkyl carbamates (subject to hydrolysis) is 1. The van der Waals surface area contributed by atoms with Gasteiger partial charge in [-0.25, -0.2) is 14.8 Å². The summed E-state index contributed by atoms with van der Waals surface area (Å²) in [5.74, 6) is 1.59. The summed E-state index contributed by atoms with van der Waals surface area (Å²) in [5, 5.41) is 4.95. The highest BCUT2D eigenvalue weighted by Gasteiger charge is 2.48. The van der Waals surface area contributed by atoms with E-state index in [1.165, 1.54) is 32.8 Å². The van der Waals surface area contributed by atoms with Gasteiger partial charge in [-0.1, -0.05) is 92.7 Å². The fraction of sp³-hybridized carbons (Fsp3) is 0.392. The van der Waals surface area contributed by atoms with Crippen LogP contribution in [-0.4, -0.2) is 90.9 Å². The second-order valence-corrected chi connectivity index (χ2v) is 18.2. The Morgan fingerprint density at radius 1 is 0.667 bits per heavy atom. The van der Waals surface area contributed by atoms with Crippen LogP contribution in [0.4, 0.5) is 4.79 Å². The Balaban J connectivity index is 0.818. The van der Waals surface area contributed by atoms with Gasteiger partial charge in [0.2, 0.25) is 11.8 Å². The van der Waals surface area contributed by atoms with Crippen LogP contribution in [0, 0.1) is 5.92 Å². The number of hydrogen-bond acceptors (Lipinski definition) is 7. The van der Waals surface area contributed by atoms with Crippen molar-refractivity contribution in [2.45, 2.75) is 101 Å². The largest absolute Gasteiger partial charge is 0.453 e. The van der Waals surface area contributed by atoms with Gasteiger partial charge in [0, 0.05) is 48.7 Å². The summed E-state index contributed by atoms with van der Waals surface area (Å²) in [7, 11) is 1.30. The lowest BCUT2D eigenvalue weighted by Gasteiger charge is -2.35. The molecule has 4 fully saturated rings. The van der Waals surface area contributed by atoms with Crippen molar-refractivity contribution in [1.29, 1.82) is 0 Å². The molecule has 2 aromatic heterocycles. The van der Waals surface area contributed by atoms with Crippen LogP contribution in [0.3, 0.4) is 0 Å². The Morgan fingerprint density at radius 3 is 1.76 bits per heavy atom. The van der Waals surface area contributed by atoms with E-state index in [4.69, 9.17) is 14.7 Å². The Labute approximate surface area is 368 Å². The molecule has 2 aliphatic carbocycles. The van der Waals surface area contributed by atoms with Gasteiger partial charge in [-0.05, 0) is 96.9 Å². The van der Waals surface area contributed by atoms with E-state index in [-0.39, 0.29) is 35.9 Å². The van der Waals surface area contributed by atoms with Crippen LogP contribution < -0.4 is 5.32 Å². The number of aromatic amines is 2. The first-order chi connectivity index (χ1) is 30.7. The molecule has 3 N–H and O–H groups in total. The topological polar surface area (TPSA) is 140 Å². The molecule has 0 radical (unpaired) electrons. The van der Waals surface area contributed by atoms with Crippen LogP contribution in [0.5, 0.6) is 0 Å². The fourth-order valence-electron chi connectivity index (χ4n) is 9.94. The minimum Gasteiger partial charge on any atom is -0.453 e. The predicted molar refractivity (Wildman–Crippen MR) is 243 cm³/mol. The molecule has 63 heavy (non-hydrogen) atoms. The number of methoxy groups -OCH3 is 1. The highest BCUT2D eigenvalue weighted by Crippen LogP contribution is 2.45. The molecule has 12 nitrogen and oxygen atoms in total. The molecule has 4 heterocycles. The first kappa shape index (κ1) is 40.8. The first-order valence-corrected chi connectivity index (χ1v) is 22.8. The number of benzene rings is 4. The maximum atomic E-state index is 14.6. The molecule has 0 spiro atoms. The Bertz CT molecular complexity index is 2600. The second kappa shape index (κ2) is 17.1. The molecular formula is C51H56N8O4. The Morgan fingerprint density at radius 2 is 1.19 bits per heavy atom. The summed E-state index contributed by atoms with van der Waals surface area (Å²) in [6.07, 6.45) is 11.5. The monoisotopic (exact) mass is 844 g/mol. The molecule has 12 heteroatoms. The first-order valence-electron chi connectivity index (χ1n) is 22.8. The van der Waals surface area contributed by atoms with Crippen molar-refractivity contribution in [1.82, 2.24) is 40.0 Å². The molecule has 2 aliphatic heterocycles. The van der Waals surface area contributed by atoms with E-state index < -0.39 is 12.1 Å². The van der Waals surface area contributed by atoms with Gasteiger partial charge in [-0.3, -0.25) is 14.5 Å². The fourth-order valence-corrected chi connectivity index (χ4v) is 9.94. The summed E-state index contributed by atoms with van der Waals surface area (Å²) in [4.78, 5) is 63.6. The van der Waals surface area contributed by atoms with Crippen molar-refractivity contribution in [3.63, 3.8) is 0 Å². The SMILES string of the molecule is COC(=O)NC(C(=O)N1CCC[C@H]1c1nc(-c2ccc3cc(-c4ccc(-c5c[nH]c([C@@H]6CCCN6C(=O)[C@@H](c6ccccc6)N(C6CC6)C6CC6)n5)cc4)ccc3c2)c[nH]1)C(C)C. The number of rotatable bonds is 13. The average Bonchev–Trinajstić information content (AvgIpc) is 4.02. The van der Waals surface area contributed by atoms with Crippen molar-refractivity contribution in [3.8, 4) is 33.6 Å². The van der Waals surface area contributed by atoms with E-state index in [0.29, 0.717) is 18.6 Å². The third kappa shape index (κ3) is 8.24. The Hall–Kier alpha value is -6.27. The zero-order valence-corrected chi connectivity index (χ0v) is 36.3. The molecule has 6 aromatic rings. The number of likely N-dealkylation sites (tertiary alicyclic amines) is 2. The van der Waals surface area contributed by atoms with E-state index in [1.807, 2.05) is 37.2 Å². The lowest BCUT2D eigenvalue weighted by Crippen LogP contribution is -2.51. The molecule has 0 bridgehead atoms. The number of carbonyl (C=O) groups excluding carboxylic acids is 3. The van der Waals surface area contributed by atoms with Gasteiger partial charge >= 0.3 is 6.09 Å². The minimum absolute atomic E-state index is 0.0700. The third-order valence-corrected chi connectivity index (χ3v) is 13.5. The van der Waals surface area contributed by atoms with Crippen molar-refractivity contribution >= 4 is 28.7 Å². The number of amides is 3. The van der Waals surface area contributed by atoms with Crippen molar-refractivity contribution in [2.24, 2.45) is 5.92 Å². The highest BCUT2D eigenvalue weighted by molar-refractivity contribution is 5.91. The van der Waals surface area contributed by atoms with Gasteiger partial charge in [-0.2, -0.15) is 0 Å². The Kier molecular flexibility index (Phi) is 11.1. The summed E-state index contributed by atoms with van der Waals surface area (Å²) in [5.41, 5.74) is 7.05. The number of nitrogens with one attached hydrogen (secondary N) is 3.